The van der Waals surface area contributed by atoms with Crippen molar-refractivity contribution in [2.75, 3.05) is 13.6 Å². The van der Waals surface area contributed by atoms with E-state index < -0.39 is 0 Å². The number of fused-ring (bicyclic) bond motifs is 2. The lowest BCUT2D eigenvalue weighted by Gasteiger charge is -2.28. The lowest BCUT2D eigenvalue weighted by Crippen LogP contribution is -2.48. The van der Waals surface area contributed by atoms with Crippen LogP contribution < -0.4 is 10.6 Å². The van der Waals surface area contributed by atoms with Crippen LogP contribution in [-0.2, 0) is 25.9 Å². The van der Waals surface area contributed by atoms with Gasteiger partial charge in [-0.25, -0.2) is 9.67 Å². The van der Waals surface area contributed by atoms with Gasteiger partial charge < -0.3 is 15.2 Å². The first-order chi connectivity index (χ1) is 13.5. The zero-order valence-electron chi connectivity index (χ0n) is 17.3. The number of rotatable bonds is 4. The van der Waals surface area contributed by atoms with Crippen LogP contribution in [-0.4, -0.2) is 55.1 Å². The summed E-state index contributed by atoms with van der Waals surface area (Å²) < 4.78 is 4.30. The van der Waals surface area contributed by atoms with Crippen LogP contribution >= 0.6 is 0 Å². The predicted octanol–water partition coefficient (Wildman–Crippen LogP) is 1.04. The van der Waals surface area contributed by atoms with Crippen molar-refractivity contribution in [1.82, 2.24) is 40.2 Å². The molecule has 9 heteroatoms. The fourth-order valence-electron chi connectivity index (χ4n) is 4.02. The van der Waals surface area contributed by atoms with Gasteiger partial charge in [0.25, 0.3) is 0 Å². The maximum atomic E-state index is 4.67. The normalized spacial score (nSPS) is 22.1. The number of nitrogens with one attached hydrogen (secondary N) is 2. The number of hydrogen-bond donors (Lipinski definition) is 2. The summed E-state index contributed by atoms with van der Waals surface area (Å²) in [5, 5.41) is 20.2. The molecule has 2 aliphatic rings. The van der Waals surface area contributed by atoms with Crippen molar-refractivity contribution in [2.45, 2.75) is 71.5 Å². The molecule has 0 bridgehead atoms. The fraction of sp³-hybridized carbons (Fsp3) is 0.737. The molecular formula is C19H31N9. The van der Waals surface area contributed by atoms with E-state index in [1.165, 1.54) is 0 Å². The van der Waals surface area contributed by atoms with Crippen molar-refractivity contribution < 1.29 is 0 Å². The Morgan fingerprint density at radius 3 is 2.79 bits per heavy atom. The van der Waals surface area contributed by atoms with Crippen molar-refractivity contribution in [3.05, 3.63) is 23.3 Å². The highest BCUT2D eigenvalue weighted by Crippen LogP contribution is 2.19. The number of hydrogen-bond acceptors (Lipinski definition) is 5. The van der Waals surface area contributed by atoms with E-state index in [2.05, 4.69) is 59.0 Å². The minimum Gasteiger partial charge on any atom is -0.356 e. The van der Waals surface area contributed by atoms with Crippen molar-refractivity contribution in [1.29, 1.82) is 0 Å². The van der Waals surface area contributed by atoms with Crippen LogP contribution in [0.2, 0.25) is 0 Å². The third-order valence-corrected chi connectivity index (χ3v) is 5.74. The quantitative estimate of drug-likeness (QED) is 0.603. The number of guanidine groups is 1. The summed E-state index contributed by atoms with van der Waals surface area (Å²) in [5.74, 6) is 5.96. The topological polar surface area (TPSA) is 97.8 Å². The second-order valence-corrected chi connectivity index (χ2v) is 8.23. The van der Waals surface area contributed by atoms with Crippen LogP contribution in [0.3, 0.4) is 0 Å². The molecule has 0 spiro atoms. The molecule has 2 aromatic rings. The van der Waals surface area contributed by atoms with Gasteiger partial charge in [-0.2, -0.15) is 5.10 Å². The van der Waals surface area contributed by atoms with Crippen LogP contribution in [0.1, 0.15) is 55.9 Å². The molecule has 9 nitrogen and oxygen atoms in total. The maximum Gasteiger partial charge on any atom is 0.191 e. The molecule has 0 amide bonds. The van der Waals surface area contributed by atoms with E-state index in [0.29, 0.717) is 17.9 Å². The van der Waals surface area contributed by atoms with Crippen molar-refractivity contribution >= 4 is 5.96 Å². The monoisotopic (exact) mass is 385 g/mol. The van der Waals surface area contributed by atoms with E-state index in [4.69, 9.17) is 0 Å². The van der Waals surface area contributed by atoms with E-state index in [1.807, 2.05) is 14.0 Å². The summed E-state index contributed by atoms with van der Waals surface area (Å²) in [6.07, 6.45) is 4.12. The van der Waals surface area contributed by atoms with Crippen LogP contribution in [0.15, 0.2) is 4.99 Å². The average molecular weight is 386 g/mol. The third-order valence-electron chi connectivity index (χ3n) is 5.74. The van der Waals surface area contributed by atoms with E-state index in [-0.39, 0.29) is 0 Å². The molecule has 0 aliphatic carbocycles. The SMILES string of the molecule is CN=C(NCC1CCc2nnc(C)n2C1)NC1CCc2nc(C(C)C)nn2C1. The molecule has 0 saturated carbocycles. The standard InChI is InChI=1S/C19H31N9/c1-12(2)18-23-16-8-6-15(11-28(16)26-18)22-19(20-4)21-9-14-5-7-17-25-24-13(3)27(17)10-14/h12,14-15H,5-11H2,1-4H3,(H2,20,21,22). The molecule has 4 rings (SSSR count). The molecule has 28 heavy (non-hydrogen) atoms. The second kappa shape index (κ2) is 7.89. The highest BCUT2D eigenvalue weighted by atomic mass is 15.4. The molecule has 0 radical (unpaired) electrons. The zero-order chi connectivity index (χ0) is 19.7. The summed E-state index contributed by atoms with van der Waals surface area (Å²) in [4.78, 5) is 9.09. The fourth-order valence-corrected chi connectivity index (χ4v) is 4.02. The summed E-state index contributed by atoms with van der Waals surface area (Å²) in [6.45, 7) is 9.01. The van der Waals surface area contributed by atoms with E-state index in [9.17, 15) is 0 Å². The Bertz CT molecular complexity index is 848. The number of aliphatic imine (C=N–C) groups is 1. The molecule has 2 unspecified atom stereocenters. The molecule has 2 aliphatic heterocycles. The van der Waals surface area contributed by atoms with Gasteiger partial charge in [-0.3, -0.25) is 4.99 Å². The average Bonchev–Trinajstić information content (AvgIpc) is 3.28. The van der Waals surface area contributed by atoms with E-state index in [1.54, 1.807) is 0 Å². The number of nitrogens with zero attached hydrogens (tertiary/aromatic N) is 7. The molecule has 2 aromatic heterocycles. The lowest BCUT2D eigenvalue weighted by molar-refractivity contribution is 0.354. The van der Waals surface area contributed by atoms with Gasteiger partial charge in [0, 0.05) is 44.9 Å². The van der Waals surface area contributed by atoms with E-state index in [0.717, 1.165) is 74.6 Å². The van der Waals surface area contributed by atoms with Crippen LogP contribution in [0.25, 0.3) is 0 Å². The maximum absolute atomic E-state index is 4.67. The van der Waals surface area contributed by atoms with Crippen LogP contribution in [0, 0.1) is 12.8 Å². The van der Waals surface area contributed by atoms with Crippen LogP contribution in [0.5, 0.6) is 0 Å². The summed E-state index contributed by atoms with van der Waals surface area (Å²) in [6, 6.07) is 0.318. The van der Waals surface area contributed by atoms with E-state index >= 15 is 0 Å². The zero-order valence-corrected chi connectivity index (χ0v) is 17.3. The summed E-state index contributed by atoms with van der Waals surface area (Å²) in [5.41, 5.74) is 0. The van der Waals surface area contributed by atoms with Gasteiger partial charge in [-0.1, -0.05) is 13.8 Å². The van der Waals surface area contributed by atoms with Gasteiger partial charge in [0.05, 0.1) is 6.54 Å². The summed E-state index contributed by atoms with van der Waals surface area (Å²) >= 11 is 0. The Kier molecular flexibility index (Phi) is 5.32. The molecule has 4 heterocycles. The van der Waals surface area contributed by atoms with Crippen molar-refractivity contribution in [2.24, 2.45) is 10.9 Å². The number of aromatic nitrogens is 6. The Balaban J connectivity index is 1.30. The van der Waals surface area contributed by atoms with Gasteiger partial charge in [0.1, 0.15) is 17.5 Å². The molecule has 152 valence electrons. The largest absolute Gasteiger partial charge is 0.356 e. The van der Waals surface area contributed by atoms with Crippen molar-refractivity contribution in [3.8, 4) is 0 Å². The Hall–Kier alpha value is -2.45. The molecule has 0 aromatic carbocycles. The molecule has 2 N–H and O–H groups in total. The third kappa shape index (κ3) is 3.88. The first-order valence-corrected chi connectivity index (χ1v) is 10.3. The Morgan fingerprint density at radius 1 is 1.18 bits per heavy atom. The molecule has 0 saturated heterocycles. The molecule has 0 fully saturated rings. The van der Waals surface area contributed by atoms with Crippen LogP contribution in [0.4, 0.5) is 0 Å². The number of aryl methyl sites for hydroxylation is 3. The minimum atomic E-state index is 0.318. The highest BCUT2D eigenvalue weighted by Gasteiger charge is 2.24. The smallest absolute Gasteiger partial charge is 0.191 e. The first-order valence-electron chi connectivity index (χ1n) is 10.3. The van der Waals surface area contributed by atoms with Gasteiger partial charge in [0.2, 0.25) is 0 Å². The van der Waals surface area contributed by atoms with Gasteiger partial charge in [-0.05, 0) is 25.7 Å². The predicted molar refractivity (Wildman–Crippen MR) is 107 cm³/mol. The Labute approximate surface area is 166 Å². The van der Waals surface area contributed by atoms with Gasteiger partial charge in [-0.15, -0.1) is 10.2 Å². The highest BCUT2D eigenvalue weighted by molar-refractivity contribution is 5.79. The molecule has 2 atom stereocenters. The van der Waals surface area contributed by atoms with Gasteiger partial charge in [0.15, 0.2) is 11.8 Å². The summed E-state index contributed by atoms with van der Waals surface area (Å²) in [7, 11) is 1.83. The second-order valence-electron chi connectivity index (χ2n) is 8.23. The Morgan fingerprint density at radius 2 is 2.00 bits per heavy atom. The van der Waals surface area contributed by atoms with Gasteiger partial charge >= 0.3 is 0 Å². The van der Waals surface area contributed by atoms with Crippen molar-refractivity contribution in [3.63, 3.8) is 0 Å². The lowest BCUT2D eigenvalue weighted by atomic mass is 9.99. The molecular weight excluding hydrogens is 354 g/mol. The minimum absolute atomic E-state index is 0.318. The first kappa shape index (κ1) is 18.9.